The number of carbonyl (C=O) groups is 1. The van der Waals surface area contributed by atoms with Crippen LogP contribution in [-0.2, 0) is 11.2 Å². The fourth-order valence-corrected chi connectivity index (χ4v) is 1.21. The number of benzene rings is 1. The molecule has 0 bridgehead atoms. The van der Waals surface area contributed by atoms with Crippen LogP contribution in [0.1, 0.15) is 18.9 Å². The van der Waals surface area contributed by atoms with E-state index >= 15 is 0 Å². The van der Waals surface area contributed by atoms with Crippen LogP contribution in [0.25, 0.3) is 0 Å². The van der Waals surface area contributed by atoms with Crippen molar-refractivity contribution in [3.8, 4) is 0 Å². The van der Waals surface area contributed by atoms with Gasteiger partial charge in [-0.15, -0.1) is 0 Å². The van der Waals surface area contributed by atoms with Crippen molar-refractivity contribution in [3.05, 3.63) is 39.9 Å². The normalized spacial score (nSPS) is 9.79. The van der Waals surface area contributed by atoms with Crippen molar-refractivity contribution in [2.75, 3.05) is 0 Å². The number of hydrogen-bond donors (Lipinski definition) is 0. The van der Waals surface area contributed by atoms with E-state index in [1.807, 2.05) is 0 Å². The molecule has 0 amide bonds. The number of aryl methyl sites for hydroxylation is 1. The van der Waals surface area contributed by atoms with Crippen molar-refractivity contribution in [1.82, 2.24) is 0 Å². The molecule has 1 rings (SSSR count). The Labute approximate surface area is 81.7 Å². The van der Waals surface area contributed by atoms with Crippen molar-refractivity contribution in [2.24, 2.45) is 0 Å². The lowest BCUT2D eigenvalue weighted by molar-refractivity contribution is -0.385. The number of hydrogen-bond acceptors (Lipinski definition) is 3. The molecule has 1 aromatic rings. The van der Waals surface area contributed by atoms with E-state index in [9.17, 15) is 14.9 Å². The van der Waals surface area contributed by atoms with Crippen molar-refractivity contribution in [3.63, 3.8) is 0 Å². The highest BCUT2D eigenvalue weighted by molar-refractivity contribution is 5.75. The third kappa shape index (κ3) is 2.65. The molecule has 0 saturated carbocycles. The van der Waals surface area contributed by atoms with Gasteiger partial charge in [0, 0.05) is 18.1 Å². The van der Waals surface area contributed by atoms with E-state index in [0.717, 1.165) is 0 Å². The maximum Gasteiger partial charge on any atom is 0.272 e. The van der Waals surface area contributed by atoms with Crippen molar-refractivity contribution >= 4 is 11.5 Å². The van der Waals surface area contributed by atoms with Gasteiger partial charge in [-0.2, -0.15) is 0 Å². The number of nitrogens with zero attached hydrogens (tertiary/aromatic N) is 1. The van der Waals surface area contributed by atoms with Crippen LogP contribution in [0, 0.1) is 10.1 Å². The zero-order valence-corrected chi connectivity index (χ0v) is 7.90. The Kier molecular flexibility index (Phi) is 3.34. The predicted molar refractivity (Wildman–Crippen MR) is 52.1 cm³/mol. The topological polar surface area (TPSA) is 60.2 Å². The zero-order valence-electron chi connectivity index (χ0n) is 7.90. The summed E-state index contributed by atoms with van der Waals surface area (Å²) >= 11 is 0. The molecule has 4 heteroatoms. The number of nitro groups is 1. The Morgan fingerprint density at radius 2 is 2.07 bits per heavy atom. The lowest BCUT2D eigenvalue weighted by Crippen LogP contribution is -1.98. The highest BCUT2D eigenvalue weighted by Crippen LogP contribution is 2.18. The largest absolute Gasteiger partial charge is 0.300 e. The molecule has 0 saturated heterocycles. The second kappa shape index (κ2) is 4.50. The predicted octanol–water partition coefficient (Wildman–Crippen LogP) is 2.12. The van der Waals surface area contributed by atoms with Gasteiger partial charge in [-0.1, -0.05) is 18.2 Å². The van der Waals surface area contributed by atoms with Crippen molar-refractivity contribution < 1.29 is 9.72 Å². The van der Waals surface area contributed by atoms with Crippen LogP contribution in [0.15, 0.2) is 24.3 Å². The number of nitro benzene ring substituents is 1. The molecule has 0 unspecified atom stereocenters. The summed E-state index contributed by atoms with van der Waals surface area (Å²) in [7, 11) is 0. The van der Waals surface area contributed by atoms with E-state index in [2.05, 4.69) is 0 Å². The molecular formula is C10H11NO3. The van der Waals surface area contributed by atoms with Gasteiger partial charge >= 0.3 is 0 Å². The molecule has 0 heterocycles. The standard InChI is InChI=1S/C10H11NO3/c1-8(12)6-7-9-4-2-3-5-10(9)11(13)14/h2-5H,6-7H2,1H3. The third-order valence-electron chi connectivity index (χ3n) is 1.93. The van der Waals surface area contributed by atoms with E-state index < -0.39 is 4.92 Å². The summed E-state index contributed by atoms with van der Waals surface area (Å²) in [5.74, 6) is 0.0446. The van der Waals surface area contributed by atoms with Gasteiger partial charge in [0.05, 0.1) is 4.92 Å². The zero-order chi connectivity index (χ0) is 10.6. The minimum atomic E-state index is -0.421. The van der Waals surface area contributed by atoms with Gasteiger partial charge in [-0.3, -0.25) is 10.1 Å². The number of ketones is 1. The molecule has 0 aliphatic heterocycles. The van der Waals surface area contributed by atoms with Gasteiger partial charge in [0.1, 0.15) is 5.78 Å². The molecule has 0 fully saturated rings. The second-order valence-electron chi connectivity index (χ2n) is 3.09. The van der Waals surface area contributed by atoms with E-state index in [-0.39, 0.29) is 11.5 Å². The molecule has 0 aromatic heterocycles. The molecule has 0 radical (unpaired) electrons. The molecule has 74 valence electrons. The monoisotopic (exact) mass is 193 g/mol. The Hall–Kier alpha value is -1.71. The quantitative estimate of drug-likeness (QED) is 0.543. The minimum absolute atomic E-state index is 0.0446. The van der Waals surface area contributed by atoms with Gasteiger partial charge < -0.3 is 4.79 Å². The van der Waals surface area contributed by atoms with Gasteiger partial charge in [0.25, 0.3) is 5.69 Å². The molecular weight excluding hydrogens is 182 g/mol. The van der Waals surface area contributed by atoms with Gasteiger partial charge in [0.15, 0.2) is 0 Å². The first kappa shape index (κ1) is 10.4. The Balaban J connectivity index is 2.84. The summed E-state index contributed by atoms with van der Waals surface area (Å²) in [4.78, 5) is 20.9. The molecule has 14 heavy (non-hydrogen) atoms. The van der Waals surface area contributed by atoms with Crippen molar-refractivity contribution in [1.29, 1.82) is 0 Å². The Bertz CT molecular complexity index is 360. The molecule has 0 aliphatic rings. The summed E-state index contributed by atoms with van der Waals surface area (Å²) < 4.78 is 0. The fourth-order valence-electron chi connectivity index (χ4n) is 1.21. The number of para-hydroxylation sites is 1. The van der Waals surface area contributed by atoms with Gasteiger partial charge in [0.2, 0.25) is 0 Å². The first-order valence-electron chi connectivity index (χ1n) is 4.33. The average molecular weight is 193 g/mol. The summed E-state index contributed by atoms with van der Waals surface area (Å²) in [6, 6.07) is 6.49. The summed E-state index contributed by atoms with van der Waals surface area (Å²) in [5, 5.41) is 10.6. The first-order chi connectivity index (χ1) is 6.61. The van der Waals surface area contributed by atoms with E-state index in [4.69, 9.17) is 0 Å². The molecule has 0 aliphatic carbocycles. The summed E-state index contributed by atoms with van der Waals surface area (Å²) in [6.45, 7) is 1.48. The Morgan fingerprint density at radius 1 is 1.43 bits per heavy atom. The summed E-state index contributed by atoms with van der Waals surface area (Å²) in [5.41, 5.74) is 0.710. The van der Waals surface area contributed by atoms with Gasteiger partial charge in [-0.05, 0) is 13.3 Å². The Morgan fingerprint density at radius 3 is 2.64 bits per heavy atom. The van der Waals surface area contributed by atoms with E-state index in [1.54, 1.807) is 18.2 Å². The molecule has 0 N–H and O–H groups in total. The third-order valence-corrected chi connectivity index (χ3v) is 1.93. The highest BCUT2D eigenvalue weighted by atomic mass is 16.6. The average Bonchev–Trinajstić information content (AvgIpc) is 2.15. The lowest BCUT2D eigenvalue weighted by Gasteiger charge is -2.00. The van der Waals surface area contributed by atoms with Gasteiger partial charge in [-0.25, -0.2) is 0 Å². The van der Waals surface area contributed by atoms with Crippen molar-refractivity contribution in [2.45, 2.75) is 19.8 Å². The number of carbonyl (C=O) groups excluding carboxylic acids is 1. The minimum Gasteiger partial charge on any atom is -0.300 e. The maximum absolute atomic E-state index is 10.7. The fraction of sp³-hybridized carbons (Fsp3) is 0.300. The second-order valence-corrected chi connectivity index (χ2v) is 3.09. The van der Waals surface area contributed by atoms with Crippen LogP contribution in [0.5, 0.6) is 0 Å². The maximum atomic E-state index is 10.7. The highest BCUT2D eigenvalue weighted by Gasteiger charge is 2.11. The van der Waals surface area contributed by atoms with Crippen LogP contribution >= 0.6 is 0 Å². The molecule has 4 nitrogen and oxygen atoms in total. The smallest absolute Gasteiger partial charge is 0.272 e. The molecule has 1 aromatic carbocycles. The lowest BCUT2D eigenvalue weighted by atomic mass is 10.1. The molecule has 0 spiro atoms. The number of rotatable bonds is 4. The van der Waals surface area contributed by atoms with Crippen LogP contribution in [0.3, 0.4) is 0 Å². The summed E-state index contributed by atoms with van der Waals surface area (Å²) in [6.07, 6.45) is 0.789. The van der Waals surface area contributed by atoms with E-state index in [0.29, 0.717) is 18.4 Å². The van der Waals surface area contributed by atoms with Crippen LogP contribution in [-0.4, -0.2) is 10.7 Å². The first-order valence-corrected chi connectivity index (χ1v) is 4.33. The van der Waals surface area contributed by atoms with E-state index in [1.165, 1.54) is 13.0 Å². The van der Waals surface area contributed by atoms with Crippen LogP contribution in [0.4, 0.5) is 5.69 Å². The van der Waals surface area contributed by atoms with Crippen LogP contribution < -0.4 is 0 Å². The number of Topliss-reactive ketones (excluding diaryl/α,β-unsaturated/α-hetero) is 1. The molecule has 0 atom stereocenters. The SMILES string of the molecule is CC(=O)CCc1ccccc1[N+](=O)[O-]. The van der Waals surface area contributed by atoms with Crippen LogP contribution in [0.2, 0.25) is 0 Å².